The highest BCUT2D eigenvalue weighted by molar-refractivity contribution is 5.99. The first-order valence-electron chi connectivity index (χ1n) is 11.7. The van der Waals surface area contributed by atoms with E-state index < -0.39 is 11.9 Å². The number of hydrogen-bond acceptors (Lipinski definition) is 7. The van der Waals surface area contributed by atoms with Crippen LogP contribution in [0.15, 0.2) is 36.4 Å². The van der Waals surface area contributed by atoms with Crippen molar-refractivity contribution in [3.63, 3.8) is 0 Å². The highest BCUT2D eigenvalue weighted by Crippen LogP contribution is 2.20. The fraction of sp³-hybridized carbons (Fsp3) is 0.385. The van der Waals surface area contributed by atoms with Crippen molar-refractivity contribution in [3.8, 4) is 0 Å². The van der Waals surface area contributed by atoms with E-state index in [4.69, 9.17) is 9.47 Å². The zero-order chi connectivity index (χ0) is 26.2. The molecule has 2 aromatic rings. The quantitative estimate of drug-likeness (QED) is 0.590. The van der Waals surface area contributed by atoms with Gasteiger partial charge in [-0.15, -0.1) is 0 Å². The summed E-state index contributed by atoms with van der Waals surface area (Å²) in [6.45, 7) is 6.27. The van der Waals surface area contributed by atoms with Gasteiger partial charge in [0, 0.05) is 37.6 Å². The van der Waals surface area contributed by atoms with Gasteiger partial charge in [-0.2, -0.15) is 0 Å². The first-order chi connectivity index (χ1) is 17.2. The maximum absolute atomic E-state index is 13.0. The number of hydrogen-bond donors (Lipinski definition) is 2. The molecule has 0 saturated carbocycles. The van der Waals surface area contributed by atoms with Crippen LogP contribution in [0.1, 0.15) is 38.3 Å². The van der Waals surface area contributed by atoms with Crippen molar-refractivity contribution in [1.29, 1.82) is 0 Å². The Labute approximate surface area is 210 Å². The van der Waals surface area contributed by atoms with E-state index in [0.29, 0.717) is 32.6 Å². The summed E-state index contributed by atoms with van der Waals surface area (Å²) in [7, 11) is 2.47. The van der Waals surface area contributed by atoms with Crippen LogP contribution in [0.25, 0.3) is 0 Å². The third-order valence-electron chi connectivity index (χ3n) is 6.01. The van der Waals surface area contributed by atoms with Gasteiger partial charge in [0.25, 0.3) is 0 Å². The number of anilines is 2. The molecule has 0 spiro atoms. The average Bonchev–Trinajstić information content (AvgIpc) is 3.10. The monoisotopic (exact) mass is 496 g/mol. The van der Waals surface area contributed by atoms with Crippen LogP contribution < -0.4 is 10.6 Å². The summed E-state index contributed by atoms with van der Waals surface area (Å²) in [5.74, 6) is -1.37. The van der Waals surface area contributed by atoms with Crippen molar-refractivity contribution in [2.45, 2.75) is 20.3 Å². The molecule has 1 aliphatic heterocycles. The molecule has 2 aromatic carbocycles. The Morgan fingerprint density at radius 2 is 1.44 bits per heavy atom. The molecule has 192 valence electrons. The van der Waals surface area contributed by atoms with Crippen LogP contribution in [0.4, 0.5) is 16.2 Å². The molecule has 1 aliphatic rings. The number of esters is 2. The molecule has 3 amide bonds. The number of amides is 3. The molecule has 3 rings (SSSR count). The number of carbonyl (C=O) groups excluding carboxylic acids is 4. The van der Waals surface area contributed by atoms with E-state index in [9.17, 15) is 19.2 Å². The molecule has 10 nitrogen and oxygen atoms in total. The molecule has 1 heterocycles. The minimum atomic E-state index is -0.638. The van der Waals surface area contributed by atoms with E-state index in [2.05, 4.69) is 10.6 Å². The maximum atomic E-state index is 13.0. The predicted molar refractivity (Wildman–Crippen MR) is 135 cm³/mol. The van der Waals surface area contributed by atoms with Crippen LogP contribution in [0, 0.1) is 13.8 Å². The standard InChI is InChI=1S/C26H32N4O6/c1-17-7-5-8-18(2)23(17)28-22(31)16-29-9-6-10-30(12-11-29)26(34)27-21-14-19(24(32)35-3)13-20(15-21)25(33)36-4/h5,7-8,13-15H,6,9-12,16H2,1-4H3,(H,27,34)(H,28,31). The highest BCUT2D eigenvalue weighted by Gasteiger charge is 2.22. The van der Waals surface area contributed by atoms with Gasteiger partial charge in [0.1, 0.15) is 0 Å². The summed E-state index contributed by atoms with van der Waals surface area (Å²) in [5.41, 5.74) is 3.36. The summed E-state index contributed by atoms with van der Waals surface area (Å²) in [4.78, 5) is 53.3. The number of methoxy groups -OCH3 is 2. The molecular formula is C26H32N4O6. The van der Waals surface area contributed by atoms with Gasteiger partial charge in [-0.1, -0.05) is 18.2 Å². The number of nitrogens with zero attached hydrogens (tertiary/aromatic N) is 2. The highest BCUT2D eigenvalue weighted by atomic mass is 16.5. The van der Waals surface area contributed by atoms with Crippen molar-refractivity contribution in [2.24, 2.45) is 0 Å². The molecular weight excluding hydrogens is 464 g/mol. The van der Waals surface area contributed by atoms with Crippen LogP contribution in [0.5, 0.6) is 0 Å². The van der Waals surface area contributed by atoms with Crippen molar-refractivity contribution in [1.82, 2.24) is 9.80 Å². The molecule has 0 atom stereocenters. The fourth-order valence-electron chi connectivity index (χ4n) is 4.10. The second-order valence-corrected chi connectivity index (χ2v) is 8.64. The molecule has 36 heavy (non-hydrogen) atoms. The molecule has 10 heteroatoms. The Hall–Kier alpha value is -3.92. The number of aryl methyl sites for hydroxylation is 2. The number of benzene rings is 2. The van der Waals surface area contributed by atoms with E-state index in [1.54, 1.807) is 4.90 Å². The summed E-state index contributed by atoms with van der Waals surface area (Å²) < 4.78 is 9.48. The Morgan fingerprint density at radius 1 is 0.833 bits per heavy atom. The average molecular weight is 497 g/mol. The lowest BCUT2D eigenvalue weighted by atomic mass is 10.1. The number of carbonyl (C=O) groups is 4. The molecule has 0 unspecified atom stereocenters. The van der Waals surface area contributed by atoms with Crippen LogP contribution in [-0.4, -0.2) is 80.6 Å². The lowest BCUT2D eigenvalue weighted by Gasteiger charge is -2.22. The van der Waals surface area contributed by atoms with E-state index in [0.717, 1.165) is 16.8 Å². The Bertz CT molecular complexity index is 1090. The second kappa shape index (κ2) is 12.2. The van der Waals surface area contributed by atoms with Crippen molar-refractivity contribution in [2.75, 3.05) is 57.6 Å². The smallest absolute Gasteiger partial charge is 0.337 e. The molecule has 0 aromatic heterocycles. The Balaban J connectivity index is 1.61. The fourth-order valence-corrected chi connectivity index (χ4v) is 4.10. The molecule has 1 fully saturated rings. The number of rotatable bonds is 6. The van der Waals surface area contributed by atoms with E-state index in [1.165, 1.54) is 32.4 Å². The van der Waals surface area contributed by atoms with Crippen LogP contribution in [0.3, 0.4) is 0 Å². The topological polar surface area (TPSA) is 117 Å². The largest absolute Gasteiger partial charge is 0.465 e. The number of nitrogens with one attached hydrogen (secondary N) is 2. The van der Waals surface area contributed by atoms with Crippen molar-refractivity contribution < 1.29 is 28.7 Å². The molecule has 0 bridgehead atoms. The normalized spacial score (nSPS) is 13.9. The van der Waals surface area contributed by atoms with Gasteiger partial charge in [-0.3, -0.25) is 9.69 Å². The van der Waals surface area contributed by atoms with Crippen LogP contribution in [0.2, 0.25) is 0 Å². The summed E-state index contributed by atoms with van der Waals surface area (Å²) in [5, 5.41) is 5.75. The summed E-state index contributed by atoms with van der Waals surface area (Å²) in [6, 6.07) is 9.74. The van der Waals surface area contributed by atoms with Crippen LogP contribution in [-0.2, 0) is 14.3 Å². The Morgan fingerprint density at radius 3 is 2.03 bits per heavy atom. The van der Waals surface area contributed by atoms with Gasteiger partial charge >= 0.3 is 18.0 Å². The van der Waals surface area contributed by atoms with Gasteiger partial charge in [-0.05, 0) is 49.6 Å². The van der Waals surface area contributed by atoms with Gasteiger partial charge < -0.3 is 25.0 Å². The molecule has 2 N–H and O–H groups in total. The number of para-hydroxylation sites is 1. The molecule has 0 aliphatic carbocycles. The third-order valence-corrected chi connectivity index (χ3v) is 6.01. The molecule has 1 saturated heterocycles. The van der Waals surface area contributed by atoms with E-state index >= 15 is 0 Å². The Kier molecular flexibility index (Phi) is 9.02. The van der Waals surface area contributed by atoms with Gasteiger partial charge in [-0.25, -0.2) is 14.4 Å². The summed E-state index contributed by atoms with van der Waals surface area (Å²) in [6.07, 6.45) is 0.694. The van der Waals surface area contributed by atoms with Gasteiger partial charge in [0.05, 0.1) is 31.9 Å². The van der Waals surface area contributed by atoms with Crippen molar-refractivity contribution in [3.05, 3.63) is 58.7 Å². The number of urea groups is 1. The number of ether oxygens (including phenoxy) is 2. The SMILES string of the molecule is COC(=O)c1cc(NC(=O)N2CCCN(CC(=O)Nc3c(C)cccc3C)CC2)cc(C(=O)OC)c1. The maximum Gasteiger partial charge on any atom is 0.337 e. The van der Waals surface area contributed by atoms with Gasteiger partial charge in [0.2, 0.25) is 5.91 Å². The lowest BCUT2D eigenvalue weighted by Crippen LogP contribution is -2.39. The minimum absolute atomic E-state index is 0.0970. The first-order valence-corrected chi connectivity index (χ1v) is 11.7. The van der Waals surface area contributed by atoms with Gasteiger partial charge in [0.15, 0.2) is 0 Å². The first kappa shape index (κ1) is 26.7. The minimum Gasteiger partial charge on any atom is -0.465 e. The third kappa shape index (κ3) is 6.82. The van der Waals surface area contributed by atoms with Crippen molar-refractivity contribution >= 4 is 35.3 Å². The summed E-state index contributed by atoms with van der Waals surface area (Å²) >= 11 is 0. The predicted octanol–water partition coefficient (Wildman–Crippen LogP) is 3.05. The lowest BCUT2D eigenvalue weighted by molar-refractivity contribution is -0.117. The van der Waals surface area contributed by atoms with E-state index in [-0.39, 0.29) is 35.3 Å². The zero-order valence-corrected chi connectivity index (χ0v) is 21.1. The molecule has 0 radical (unpaired) electrons. The zero-order valence-electron chi connectivity index (χ0n) is 21.1. The second-order valence-electron chi connectivity index (χ2n) is 8.64. The van der Waals surface area contributed by atoms with Crippen LogP contribution >= 0.6 is 0 Å². The van der Waals surface area contributed by atoms with E-state index in [1.807, 2.05) is 36.9 Å².